The van der Waals surface area contributed by atoms with E-state index in [0.717, 1.165) is 0 Å². The number of carbonyl (C=O) groups excluding carboxylic acids is 2. The Balaban J connectivity index is 1.69. The maximum atomic E-state index is 12.8. The first kappa shape index (κ1) is 22.3. The Morgan fingerprint density at radius 3 is 1.94 bits per heavy atom. The van der Waals surface area contributed by atoms with E-state index in [-0.39, 0.29) is 37.1 Å². The summed E-state index contributed by atoms with van der Waals surface area (Å²) in [7, 11) is 0. The Kier molecular flexibility index (Phi) is 6.48. The number of rotatable bonds is 4. The first-order valence-electron chi connectivity index (χ1n) is 9.02. The summed E-state index contributed by atoms with van der Waals surface area (Å²) in [4.78, 5) is 33.7. The van der Waals surface area contributed by atoms with Crippen molar-refractivity contribution in [1.82, 2.24) is 9.97 Å². The highest BCUT2D eigenvalue weighted by Gasteiger charge is 2.20. The lowest BCUT2D eigenvalue weighted by Gasteiger charge is -2.12. The number of para-hydroxylation sites is 1. The van der Waals surface area contributed by atoms with Crippen LogP contribution >= 0.6 is 46.4 Å². The van der Waals surface area contributed by atoms with E-state index < -0.39 is 11.9 Å². The molecule has 0 saturated carbocycles. The molecule has 1 heterocycles. The molecular weight excluding hydrogens is 496 g/mol. The van der Waals surface area contributed by atoms with E-state index in [9.17, 15) is 9.59 Å². The number of halogens is 4. The maximum Gasteiger partial charge on any atom is 0.347 e. The monoisotopic (exact) mass is 505 g/mol. The van der Waals surface area contributed by atoms with Crippen molar-refractivity contribution in [3.63, 3.8) is 0 Å². The van der Waals surface area contributed by atoms with Crippen molar-refractivity contribution in [1.29, 1.82) is 0 Å². The van der Waals surface area contributed by atoms with E-state index in [4.69, 9.17) is 51.1 Å². The molecule has 6 nitrogen and oxygen atoms in total. The Hall–Kier alpha value is -2.90. The van der Waals surface area contributed by atoms with E-state index in [1.165, 1.54) is 18.5 Å². The SMILES string of the molecule is O=C(Nc1cccc2c(OC(=O)c3c(Cl)cccc3Cl)ncnc12)c1c(Cl)cccc1Cl. The van der Waals surface area contributed by atoms with Crippen LogP contribution in [0.3, 0.4) is 0 Å². The van der Waals surface area contributed by atoms with Crippen LogP contribution in [-0.2, 0) is 0 Å². The third kappa shape index (κ3) is 4.36. The Bertz CT molecular complexity index is 1230. The first-order valence-corrected chi connectivity index (χ1v) is 10.5. The van der Waals surface area contributed by atoms with Gasteiger partial charge in [0, 0.05) is 0 Å². The Morgan fingerprint density at radius 1 is 0.750 bits per heavy atom. The number of ether oxygens (including phenoxy) is 1. The second-order valence-corrected chi connectivity index (χ2v) is 8.05. The van der Waals surface area contributed by atoms with Crippen LogP contribution in [0.1, 0.15) is 20.7 Å². The predicted octanol–water partition coefficient (Wildman–Crippen LogP) is 6.71. The van der Waals surface area contributed by atoms with Gasteiger partial charge in [-0.25, -0.2) is 14.8 Å². The zero-order valence-corrected chi connectivity index (χ0v) is 18.9. The molecule has 4 rings (SSSR count). The van der Waals surface area contributed by atoms with Gasteiger partial charge in [0.25, 0.3) is 5.91 Å². The van der Waals surface area contributed by atoms with Gasteiger partial charge in [-0.05, 0) is 36.4 Å². The lowest BCUT2D eigenvalue weighted by Crippen LogP contribution is -2.14. The van der Waals surface area contributed by atoms with Crippen molar-refractivity contribution in [3.8, 4) is 5.88 Å². The fourth-order valence-corrected chi connectivity index (χ4v) is 4.10. The largest absolute Gasteiger partial charge is 0.403 e. The number of nitrogens with zero attached hydrogens (tertiary/aromatic N) is 2. The van der Waals surface area contributed by atoms with E-state index in [1.54, 1.807) is 42.5 Å². The summed E-state index contributed by atoms with van der Waals surface area (Å²) in [5, 5.41) is 3.81. The van der Waals surface area contributed by atoms with Gasteiger partial charge in [0.1, 0.15) is 11.8 Å². The number of amides is 1. The molecule has 3 aromatic carbocycles. The summed E-state index contributed by atoms with van der Waals surface area (Å²) >= 11 is 24.4. The minimum Gasteiger partial charge on any atom is -0.403 e. The van der Waals surface area contributed by atoms with Crippen LogP contribution in [0.5, 0.6) is 5.88 Å². The molecule has 0 fully saturated rings. The van der Waals surface area contributed by atoms with Crippen LogP contribution in [0.15, 0.2) is 60.9 Å². The van der Waals surface area contributed by atoms with Gasteiger partial charge in [-0.2, -0.15) is 0 Å². The maximum absolute atomic E-state index is 12.8. The Labute approximate surface area is 202 Å². The van der Waals surface area contributed by atoms with Crippen molar-refractivity contribution >= 4 is 74.9 Å². The minimum atomic E-state index is -0.780. The molecule has 0 spiro atoms. The molecule has 0 unspecified atom stereocenters. The summed E-state index contributed by atoms with van der Waals surface area (Å²) in [5.74, 6) is -1.33. The average molecular weight is 507 g/mol. The van der Waals surface area contributed by atoms with Crippen molar-refractivity contribution in [2.24, 2.45) is 0 Å². The summed E-state index contributed by atoms with van der Waals surface area (Å²) in [5.41, 5.74) is 0.827. The van der Waals surface area contributed by atoms with E-state index in [1.807, 2.05) is 0 Å². The number of anilines is 1. The summed E-state index contributed by atoms with van der Waals surface area (Å²) in [6, 6.07) is 14.3. The number of esters is 1. The number of nitrogens with one attached hydrogen (secondary N) is 1. The summed E-state index contributed by atoms with van der Waals surface area (Å²) in [6.45, 7) is 0. The van der Waals surface area contributed by atoms with Crippen molar-refractivity contribution in [2.45, 2.75) is 0 Å². The lowest BCUT2D eigenvalue weighted by molar-refractivity contribution is 0.0730. The van der Waals surface area contributed by atoms with Crippen molar-refractivity contribution < 1.29 is 14.3 Å². The van der Waals surface area contributed by atoms with Crippen LogP contribution < -0.4 is 10.1 Å². The standard InChI is InChI=1S/C22H11Cl4N3O3/c23-12-5-2-6-13(24)17(12)20(30)29-16-9-1-4-11-19(16)27-10-28-21(11)32-22(31)18-14(25)7-3-8-15(18)26/h1-10H,(H,29,30). The predicted molar refractivity (Wildman–Crippen MR) is 125 cm³/mol. The van der Waals surface area contributed by atoms with Crippen LogP contribution in [0.2, 0.25) is 20.1 Å². The normalized spacial score (nSPS) is 10.8. The number of fused-ring (bicyclic) bond motifs is 1. The molecule has 1 aromatic heterocycles. The van der Waals surface area contributed by atoms with Gasteiger partial charge in [-0.1, -0.05) is 64.6 Å². The van der Waals surface area contributed by atoms with Gasteiger partial charge in [-0.3, -0.25) is 4.79 Å². The highest BCUT2D eigenvalue weighted by atomic mass is 35.5. The zero-order valence-electron chi connectivity index (χ0n) is 15.9. The second kappa shape index (κ2) is 9.30. The molecule has 0 atom stereocenters. The molecule has 0 aliphatic carbocycles. The van der Waals surface area contributed by atoms with E-state index in [2.05, 4.69) is 15.3 Å². The lowest BCUT2D eigenvalue weighted by atomic mass is 10.1. The van der Waals surface area contributed by atoms with E-state index >= 15 is 0 Å². The topological polar surface area (TPSA) is 81.2 Å². The molecule has 0 saturated heterocycles. The number of hydrogen-bond donors (Lipinski definition) is 1. The fraction of sp³-hybridized carbons (Fsp3) is 0. The molecule has 32 heavy (non-hydrogen) atoms. The molecule has 0 aliphatic heterocycles. The van der Waals surface area contributed by atoms with Crippen LogP contribution in [0, 0.1) is 0 Å². The van der Waals surface area contributed by atoms with Gasteiger partial charge in [-0.15, -0.1) is 0 Å². The smallest absolute Gasteiger partial charge is 0.347 e. The first-order chi connectivity index (χ1) is 15.4. The van der Waals surface area contributed by atoms with E-state index in [0.29, 0.717) is 16.6 Å². The zero-order chi connectivity index (χ0) is 22.8. The molecular formula is C22H11Cl4N3O3. The highest BCUT2D eigenvalue weighted by molar-refractivity contribution is 6.40. The second-order valence-electron chi connectivity index (χ2n) is 6.42. The van der Waals surface area contributed by atoms with Crippen molar-refractivity contribution in [2.75, 3.05) is 5.32 Å². The Morgan fingerprint density at radius 2 is 1.31 bits per heavy atom. The van der Waals surface area contributed by atoms with Crippen LogP contribution in [-0.4, -0.2) is 21.8 Å². The molecule has 0 aliphatic rings. The van der Waals surface area contributed by atoms with Gasteiger partial charge < -0.3 is 10.1 Å². The minimum absolute atomic E-state index is 0.0143. The highest BCUT2D eigenvalue weighted by Crippen LogP contribution is 2.31. The number of carbonyl (C=O) groups is 2. The molecule has 0 radical (unpaired) electrons. The average Bonchev–Trinajstić information content (AvgIpc) is 2.74. The summed E-state index contributed by atoms with van der Waals surface area (Å²) < 4.78 is 5.44. The summed E-state index contributed by atoms with van der Waals surface area (Å²) in [6.07, 6.45) is 1.21. The van der Waals surface area contributed by atoms with Gasteiger partial charge in [0.05, 0.1) is 42.3 Å². The van der Waals surface area contributed by atoms with Gasteiger partial charge >= 0.3 is 5.97 Å². The number of hydrogen-bond acceptors (Lipinski definition) is 5. The molecule has 160 valence electrons. The molecule has 1 amide bonds. The van der Waals surface area contributed by atoms with Crippen LogP contribution in [0.4, 0.5) is 5.69 Å². The quantitative estimate of drug-likeness (QED) is 0.311. The molecule has 1 N–H and O–H groups in total. The van der Waals surface area contributed by atoms with Crippen LogP contribution in [0.25, 0.3) is 10.9 Å². The third-order valence-electron chi connectivity index (χ3n) is 4.42. The van der Waals surface area contributed by atoms with Gasteiger partial charge in [0.15, 0.2) is 0 Å². The molecule has 4 aromatic rings. The van der Waals surface area contributed by atoms with Crippen molar-refractivity contribution in [3.05, 3.63) is 92.1 Å². The number of benzene rings is 3. The van der Waals surface area contributed by atoms with Gasteiger partial charge in [0.2, 0.25) is 5.88 Å². The fourth-order valence-electron chi connectivity index (χ4n) is 2.98. The number of aromatic nitrogens is 2. The molecule has 10 heteroatoms. The third-order valence-corrected chi connectivity index (χ3v) is 5.68. The molecule has 0 bridgehead atoms.